The lowest BCUT2D eigenvalue weighted by molar-refractivity contribution is 0.0893. The monoisotopic (exact) mass is 479 g/mol. The predicted molar refractivity (Wildman–Crippen MR) is 137 cm³/mol. The summed E-state index contributed by atoms with van der Waals surface area (Å²) in [6.45, 7) is 0. The minimum absolute atomic E-state index is 0.141. The highest BCUT2D eigenvalue weighted by Crippen LogP contribution is 2.40. The van der Waals surface area contributed by atoms with Gasteiger partial charge in [-0.25, -0.2) is 14.3 Å². The maximum atomic E-state index is 13.9. The number of hydrogen-bond donors (Lipinski definition) is 0. The highest BCUT2D eigenvalue weighted by atomic mass is 16.2. The average molecular weight is 479 g/mol. The topological polar surface area (TPSA) is 119 Å². The van der Waals surface area contributed by atoms with Crippen LogP contribution in [0, 0.1) is 22.7 Å². The number of fused-ring (bicyclic) bond motifs is 3. The van der Waals surface area contributed by atoms with E-state index >= 15 is 0 Å². The SMILES string of the molecule is N#Cc1nc2c3ccc4c5c(ccc(c(=O)n2c1C#N)c53)C(=O)N(c1cccc2c1C=CCC=C2)C4=O. The van der Waals surface area contributed by atoms with Crippen molar-refractivity contribution in [1.29, 1.82) is 10.5 Å². The Morgan fingerprint density at radius 1 is 0.811 bits per heavy atom. The molecule has 7 rings (SSSR count). The van der Waals surface area contributed by atoms with Crippen LogP contribution in [-0.4, -0.2) is 21.2 Å². The first-order valence-corrected chi connectivity index (χ1v) is 11.5. The zero-order valence-electron chi connectivity index (χ0n) is 19.0. The molecule has 0 spiro atoms. The van der Waals surface area contributed by atoms with Crippen molar-refractivity contribution in [3.8, 4) is 12.1 Å². The second-order valence-corrected chi connectivity index (χ2v) is 8.83. The lowest BCUT2D eigenvalue weighted by Crippen LogP contribution is -2.41. The first-order chi connectivity index (χ1) is 18.0. The standard InChI is InChI=1S/C29H13N5O3/c30-13-21-23(14-31)33-26(32-21)17-9-10-19-25-20(12-11-18(24(17)25)27(33)35)29(37)34(28(19)36)22-8-4-6-15-5-2-1-3-7-16(15)22/h2-12H,1H2. The molecule has 1 aliphatic heterocycles. The van der Waals surface area contributed by atoms with Crippen LogP contribution in [0.2, 0.25) is 0 Å². The summed E-state index contributed by atoms with van der Waals surface area (Å²) in [5, 5.41) is 20.5. The Bertz CT molecular complexity index is 2080. The van der Waals surface area contributed by atoms with E-state index in [1.165, 1.54) is 11.0 Å². The van der Waals surface area contributed by atoms with Crippen LogP contribution in [0.4, 0.5) is 5.69 Å². The molecule has 0 unspecified atom stereocenters. The Kier molecular flexibility index (Phi) is 4.04. The van der Waals surface area contributed by atoms with Crippen LogP contribution in [0.5, 0.6) is 0 Å². The molecule has 5 aromatic rings. The molecule has 8 heteroatoms. The molecule has 8 nitrogen and oxygen atoms in total. The van der Waals surface area contributed by atoms with Gasteiger partial charge in [0.05, 0.1) is 5.69 Å². The Hall–Kier alpha value is -5.60. The number of hydrogen-bond acceptors (Lipinski definition) is 6. The highest BCUT2D eigenvalue weighted by Gasteiger charge is 2.36. The number of benzene rings is 3. The van der Waals surface area contributed by atoms with Gasteiger partial charge in [-0.3, -0.25) is 14.4 Å². The van der Waals surface area contributed by atoms with Crippen molar-refractivity contribution >= 4 is 56.8 Å². The van der Waals surface area contributed by atoms with Crippen LogP contribution >= 0.6 is 0 Å². The average Bonchev–Trinajstić information content (AvgIpc) is 3.13. The second-order valence-electron chi connectivity index (χ2n) is 8.83. The van der Waals surface area contributed by atoms with Gasteiger partial charge in [0.25, 0.3) is 17.4 Å². The van der Waals surface area contributed by atoms with E-state index in [1.807, 2.05) is 48.6 Å². The summed E-state index contributed by atoms with van der Waals surface area (Å²) in [6.07, 6.45) is 8.62. The molecular formula is C29H13N5O3. The molecule has 2 aromatic heterocycles. The van der Waals surface area contributed by atoms with Gasteiger partial charge in [0.2, 0.25) is 0 Å². The summed E-state index contributed by atoms with van der Waals surface area (Å²) in [5.74, 6) is -0.985. The third kappa shape index (κ3) is 2.53. The Balaban J connectivity index is 1.55. The fraction of sp³-hybridized carbons (Fsp3) is 0.0345. The van der Waals surface area contributed by atoms with Gasteiger partial charge in [0, 0.05) is 38.2 Å². The zero-order valence-corrected chi connectivity index (χ0v) is 19.0. The number of carbonyl (C=O) groups excluding carboxylic acids is 2. The molecule has 0 bridgehead atoms. The van der Waals surface area contributed by atoms with Gasteiger partial charge in [-0.15, -0.1) is 0 Å². The smallest absolute Gasteiger partial charge is 0.266 e. The molecule has 2 amide bonds. The van der Waals surface area contributed by atoms with Crippen LogP contribution in [0.3, 0.4) is 0 Å². The van der Waals surface area contributed by atoms with Gasteiger partial charge >= 0.3 is 0 Å². The van der Waals surface area contributed by atoms with Crippen molar-refractivity contribution in [2.75, 3.05) is 4.90 Å². The van der Waals surface area contributed by atoms with Crippen LogP contribution < -0.4 is 10.5 Å². The maximum absolute atomic E-state index is 13.9. The van der Waals surface area contributed by atoms with Gasteiger partial charge in [-0.05, 0) is 42.3 Å². The van der Waals surface area contributed by atoms with E-state index in [4.69, 9.17) is 0 Å². The van der Waals surface area contributed by atoms with Crippen LogP contribution in [-0.2, 0) is 0 Å². The third-order valence-corrected chi connectivity index (χ3v) is 7.00. The van der Waals surface area contributed by atoms with Crippen molar-refractivity contribution < 1.29 is 9.59 Å². The molecule has 37 heavy (non-hydrogen) atoms. The second kappa shape index (κ2) is 7.20. The van der Waals surface area contributed by atoms with Crippen LogP contribution in [0.25, 0.3) is 39.3 Å². The number of amides is 2. The van der Waals surface area contributed by atoms with Crippen molar-refractivity contribution in [3.63, 3.8) is 0 Å². The van der Waals surface area contributed by atoms with E-state index in [9.17, 15) is 24.9 Å². The third-order valence-electron chi connectivity index (χ3n) is 7.00. The first-order valence-electron chi connectivity index (χ1n) is 11.5. The minimum Gasteiger partial charge on any atom is -0.268 e. The Morgan fingerprint density at radius 2 is 1.54 bits per heavy atom. The van der Waals surface area contributed by atoms with Crippen molar-refractivity contribution in [1.82, 2.24) is 9.38 Å². The zero-order chi connectivity index (χ0) is 25.4. The van der Waals surface area contributed by atoms with E-state index < -0.39 is 17.4 Å². The maximum Gasteiger partial charge on any atom is 0.266 e. The highest BCUT2D eigenvalue weighted by molar-refractivity contribution is 6.39. The molecule has 2 aliphatic rings. The van der Waals surface area contributed by atoms with Gasteiger partial charge < -0.3 is 0 Å². The van der Waals surface area contributed by atoms with E-state index in [1.54, 1.807) is 24.3 Å². The van der Waals surface area contributed by atoms with Crippen molar-refractivity contribution in [2.24, 2.45) is 0 Å². The number of carbonyl (C=O) groups is 2. The number of nitriles is 2. The van der Waals surface area contributed by atoms with Gasteiger partial charge in [-0.1, -0.05) is 36.4 Å². The van der Waals surface area contributed by atoms with Crippen molar-refractivity contribution in [3.05, 3.63) is 98.6 Å². The van der Waals surface area contributed by atoms with Gasteiger partial charge in [-0.2, -0.15) is 10.5 Å². The molecule has 1 aliphatic carbocycles. The summed E-state index contributed by atoms with van der Waals surface area (Å²) >= 11 is 0. The number of imidazole rings is 1. The molecule has 0 atom stereocenters. The lowest BCUT2D eigenvalue weighted by Gasteiger charge is -2.29. The van der Waals surface area contributed by atoms with E-state index in [-0.39, 0.29) is 33.5 Å². The normalized spacial score (nSPS) is 14.3. The number of allylic oxidation sites excluding steroid dienone is 2. The fourth-order valence-corrected chi connectivity index (χ4v) is 5.42. The molecule has 0 saturated heterocycles. The van der Waals surface area contributed by atoms with Gasteiger partial charge in [0.15, 0.2) is 11.4 Å². The molecule has 0 N–H and O–H groups in total. The fourth-order valence-electron chi connectivity index (χ4n) is 5.42. The van der Waals surface area contributed by atoms with E-state index in [2.05, 4.69) is 4.98 Å². The number of imide groups is 1. The number of anilines is 1. The summed E-state index contributed by atoms with van der Waals surface area (Å²) < 4.78 is 1.12. The molecule has 0 fully saturated rings. The number of nitrogens with zero attached hydrogens (tertiary/aromatic N) is 5. The van der Waals surface area contributed by atoms with Crippen LogP contribution in [0.15, 0.2) is 59.4 Å². The summed E-state index contributed by atoms with van der Waals surface area (Å²) in [7, 11) is 0. The van der Waals surface area contributed by atoms with Gasteiger partial charge in [0.1, 0.15) is 17.8 Å². The molecule has 0 saturated carbocycles. The number of aromatic nitrogens is 2. The van der Waals surface area contributed by atoms with Crippen LogP contribution in [0.1, 0.15) is 49.7 Å². The number of pyridine rings is 1. The summed E-state index contributed by atoms with van der Waals surface area (Å²) in [6, 6.07) is 15.6. The molecule has 172 valence electrons. The minimum atomic E-state index is -0.538. The molecule has 3 aromatic carbocycles. The quantitative estimate of drug-likeness (QED) is 0.329. The summed E-state index contributed by atoms with van der Waals surface area (Å²) in [5.41, 5.74) is 2.04. The molecule has 0 radical (unpaired) electrons. The van der Waals surface area contributed by atoms with E-state index in [0.29, 0.717) is 21.8 Å². The molecular weight excluding hydrogens is 466 g/mol. The Morgan fingerprint density at radius 3 is 2.27 bits per heavy atom. The largest absolute Gasteiger partial charge is 0.268 e. The predicted octanol–water partition coefficient (Wildman–Crippen LogP) is 4.41. The Labute approximate surface area is 208 Å². The molecule has 3 heterocycles. The first kappa shape index (κ1) is 20.7. The lowest BCUT2D eigenvalue weighted by atomic mass is 9.89. The number of rotatable bonds is 1. The van der Waals surface area contributed by atoms with Crippen molar-refractivity contribution in [2.45, 2.75) is 6.42 Å². The van der Waals surface area contributed by atoms with E-state index in [0.717, 1.165) is 21.9 Å². The summed E-state index contributed by atoms with van der Waals surface area (Å²) in [4.78, 5) is 46.6.